The summed E-state index contributed by atoms with van der Waals surface area (Å²) < 4.78 is 11.1. The van der Waals surface area contributed by atoms with E-state index < -0.39 is 0 Å². The lowest BCUT2D eigenvalue weighted by Gasteiger charge is -2.10. The van der Waals surface area contributed by atoms with Crippen molar-refractivity contribution in [1.29, 1.82) is 0 Å². The molecule has 3 aromatic rings. The maximum absolute atomic E-state index is 12.1. The Kier molecular flexibility index (Phi) is 6.30. The van der Waals surface area contributed by atoms with E-state index in [2.05, 4.69) is 10.6 Å². The van der Waals surface area contributed by atoms with Crippen molar-refractivity contribution >= 4 is 17.3 Å². The third-order valence-electron chi connectivity index (χ3n) is 3.74. The molecular formula is C22H22N2O3. The molecule has 0 saturated heterocycles. The third-order valence-corrected chi connectivity index (χ3v) is 3.74. The first-order chi connectivity index (χ1) is 13.2. The van der Waals surface area contributed by atoms with E-state index in [1.807, 2.05) is 85.8 Å². The summed E-state index contributed by atoms with van der Waals surface area (Å²) in [5.74, 6) is 2.19. The highest BCUT2D eigenvalue weighted by atomic mass is 16.5. The number of ether oxygens (including phenoxy) is 2. The van der Waals surface area contributed by atoms with E-state index in [-0.39, 0.29) is 12.5 Å². The lowest BCUT2D eigenvalue weighted by atomic mass is 10.3. The molecule has 0 aliphatic carbocycles. The molecule has 0 heterocycles. The molecular weight excluding hydrogens is 340 g/mol. The molecule has 27 heavy (non-hydrogen) atoms. The molecule has 5 nitrogen and oxygen atoms in total. The summed E-state index contributed by atoms with van der Waals surface area (Å²) in [7, 11) is 0. The van der Waals surface area contributed by atoms with Crippen LogP contribution in [0.5, 0.6) is 17.2 Å². The lowest BCUT2D eigenvalue weighted by molar-refractivity contribution is -0.114. The normalized spacial score (nSPS) is 10.1. The second-order valence-corrected chi connectivity index (χ2v) is 5.80. The van der Waals surface area contributed by atoms with Crippen molar-refractivity contribution in [3.8, 4) is 17.2 Å². The second kappa shape index (κ2) is 9.29. The second-order valence-electron chi connectivity index (χ2n) is 5.80. The standard InChI is InChI=1S/C22H22N2O3/c1-2-26-19-12-10-18(11-13-19)24-22(25)16-23-17-8-14-21(15-9-17)27-20-6-4-3-5-7-20/h3-15,23H,2,16H2,1H3,(H,24,25). The molecule has 2 N–H and O–H groups in total. The molecule has 0 aliphatic heterocycles. The van der Waals surface area contributed by atoms with E-state index in [1.54, 1.807) is 0 Å². The SMILES string of the molecule is CCOc1ccc(NC(=O)CNc2ccc(Oc3ccccc3)cc2)cc1. The van der Waals surface area contributed by atoms with Gasteiger partial charge in [0, 0.05) is 11.4 Å². The highest BCUT2D eigenvalue weighted by Gasteiger charge is 2.03. The summed E-state index contributed by atoms with van der Waals surface area (Å²) >= 11 is 0. The van der Waals surface area contributed by atoms with Gasteiger partial charge in [-0.3, -0.25) is 4.79 Å². The Morgan fingerprint density at radius 3 is 2.04 bits per heavy atom. The number of rotatable bonds is 8. The predicted molar refractivity (Wildman–Crippen MR) is 108 cm³/mol. The monoisotopic (exact) mass is 362 g/mol. The Balaban J connectivity index is 1.47. The van der Waals surface area contributed by atoms with E-state index in [4.69, 9.17) is 9.47 Å². The number of amides is 1. The molecule has 5 heteroatoms. The van der Waals surface area contributed by atoms with Crippen molar-refractivity contribution in [2.24, 2.45) is 0 Å². The van der Waals surface area contributed by atoms with Crippen LogP contribution in [0.1, 0.15) is 6.92 Å². The number of anilines is 2. The van der Waals surface area contributed by atoms with Crippen LogP contribution in [0.3, 0.4) is 0 Å². The van der Waals surface area contributed by atoms with Gasteiger partial charge in [-0.1, -0.05) is 18.2 Å². The summed E-state index contributed by atoms with van der Waals surface area (Å²) in [5.41, 5.74) is 1.58. The van der Waals surface area contributed by atoms with Crippen molar-refractivity contribution in [3.63, 3.8) is 0 Å². The molecule has 0 spiro atoms. The van der Waals surface area contributed by atoms with Crippen LogP contribution in [0.25, 0.3) is 0 Å². The van der Waals surface area contributed by atoms with Gasteiger partial charge >= 0.3 is 0 Å². The highest BCUT2D eigenvalue weighted by molar-refractivity contribution is 5.93. The van der Waals surface area contributed by atoms with E-state index in [0.717, 1.165) is 28.6 Å². The maximum atomic E-state index is 12.1. The summed E-state index contributed by atoms with van der Waals surface area (Å²) in [6.07, 6.45) is 0. The van der Waals surface area contributed by atoms with Crippen molar-refractivity contribution in [2.45, 2.75) is 6.92 Å². The minimum Gasteiger partial charge on any atom is -0.494 e. The third kappa shape index (κ3) is 5.78. The predicted octanol–water partition coefficient (Wildman–Crippen LogP) is 4.93. The van der Waals surface area contributed by atoms with Crippen LogP contribution in [-0.4, -0.2) is 19.1 Å². The molecule has 0 unspecified atom stereocenters. The fraction of sp³-hybridized carbons (Fsp3) is 0.136. The summed E-state index contributed by atoms with van der Waals surface area (Å²) in [6, 6.07) is 24.4. The molecule has 3 aromatic carbocycles. The van der Waals surface area contributed by atoms with Gasteiger partial charge in [0.05, 0.1) is 13.2 Å². The van der Waals surface area contributed by atoms with Crippen LogP contribution >= 0.6 is 0 Å². The van der Waals surface area contributed by atoms with Gasteiger partial charge in [0.1, 0.15) is 17.2 Å². The molecule has 0 fully saturated rings. The Morgan fingerprint density at radius 2 is 1.37 bits per heavy atom. The fourth-order valence-electron chi connectivity index (χ4n) is 2.45. The van der Waals surface area contributed by atoms with Crippen molar-refractivity contribution in [2.75, 3.05) is 23.8 Å². The van der Waals surface area contributed by atoms with Crippen molar-refractivity contribution in [1.82, 2.24) is 0 Å². The Bertz CT molecular complexity index is 847. The molecule has 0 atom stereocenters. The summed E-state index contributed by atoms with van der Waals surface area (Å²) in [5, 5.41) is 5.94. The topological polar surface area (TPSA) is 59.6 Å². The van der Waals surface area contributed by atoms with Crippen molar-refractivity contribution < 1.29 is 14.3 Å². The number of nitrogens with one attached hydrogen (secondary N) is 2. The van der Waals surface area contributed by atoms with Gasteiger partial charge < -0.3 is 20.1 Å². The highest BCUT2D eigenvalue weighted by Crippen LogP contribution is 2.22. The number of carbonyl (C=O) groups is 1. The zero-order valence-corrected chi connectivity index (χ0v) is 15.1. The van der Waals surface area contributed by atoms with E-state index in [1.165, 1.54) is 0 Å². The average Bonchev–Trinajstić information content (AvgIpc) is 2.70. The zero-order valence-electron chi connectivity index (χ0n) is 15.1. The van der Waals surface area contributed by atoms with E-state index in [9.17, 15) is 4.79 Å². The lowest BCUT2D eigenvalue weighted by Crippen LogP contribution is -2.21. The molecule has 3 rings (SSSR count). The summed E-state index contributed by atoms with van der Waals surface area (Å²) in [6.45, 7) is 2.72. The molecule has 0 saturated carbocycles. The smallest absolute Gasteiger partial charge is 0.243 e. The van der Waals surface area contributed by atoms with Gasteiger partial charge in [0.25, 0.3) is 0 Å². The Hall–Kier alpha value is -3.47. The van der Waals surface area contributed by atoms with Crippen LogP contribution in [0, 0.1) is 0 Å². The van der Waals surface area contributed by atoms with Gasteiger partial charge in [-0.2, -0.15) is 0 Å². The number of carbonyl (C=O) groups excluding carboxylic acids is 1. The van der Waals surface area contributed by atoms with Gasteiger partial charge in [-0.05, 0) is 67.6 Å². The van der Waals surface area contributed by atoms with Gasteiger partial charge in [-0.25, -0.2) is 0 Å². The van der Waals surface area contributed by atoms with Crippen LogP contribution in [-0.2, 0) is 4.79 Å². The Morgan fingerprint density at radius 1 is 0.778 bits per heavy atom. The van der Waals surface area contributed by atoms with Gasteiger partial charge in [-0.15, -0.1) is 0 Å². The first kappa shape index (κ1) is 18.3. The first-order valence-corrected chi connectivity index (χ1v) is 8.82. The molecule has 0 aliphatic rings. The quantitative estimate of drug-likeness (QED) is 0.597. The minimum absolute atomic E-state index is 0.122. The van der Waals surface area contributed by atoms with Gasteiger partial charge in [0.15, 0.2) is 0 Å². The first-order valence-electron chi connectivity index (χ1n) is 8.82. The van der Waals surface area contributed by atoms with Crippen molar-refractivity contribution in [3.05, 3.63) is 78.9 Å². The summed E-state index contributed by atoms with van der Waals surface area (Å²) in [4.78, 5) is 12.1. The number of hydrogen-bond donors (Lipinski definition) is 2. The zero-order chi connectivity index (χ0) is 18.9. The van der Waals surface area contributed by atoms with Crippen LogP contribution < -0.4 is 20.1 Å². The van der Waals surface area contributed by atoms with E-state index >= 15 is 0 Å². The number of benzene rings is 3. The molecule has 138 valence electrons. The number of hydrogen-bond acceptors (Lipinski definition) is 4. The average molecular weight is 362 g/mol. The molecule has 0 aromatic heterocycles. The Labute approximate surface area is 158 Å². The molecule has 1 amide bonds. The minimum atomic E-state index is -0.122. The van der Waals surface area contributed by atoms with Crippen LogP contribution in [0.2, 0.25) is 0 Å². The molecule has 0 radical (unpaired) electrons. The van der Waals surface area contributed by atoms with Crippen LogP contribution in [0.4, 0.5) is 11.4 Å². The molecule has 0 bridgehead atoms. The van der Waals surface area contributed by atoms with Crippen LogP contribution in [0.15, 0.2) is 78.9 Å². The maximum Gasteiger partial charge on any atom is 0.243 e. The van der Waals surface area contributed by atoms with E-state index in [0.29, 0.717) is 6.61 Å². The largest absolute Gasteiger partial charge is 0.494 e. The number of para-hydroxylation sites is 1. The fourth-order valence-corrected chi connectivity index (χ4v) is 2.45. The van der Waals surface area contributed by atoms with Gasteiger partial charge in [0.2, 0.25) is 5.91 Å².